The topological polar surface area (TPSA) is 46.5 Å². The van der Waals surface area contributed by atoms with Crippen LogP contribution in [0.3, 0.4) is 0 Å². The SMILES string of the molecule is CCOC(=O)[C@](F)(Br)[C@@H](O)c1ccc(C)cc1. The van der Waals surface area contributed by atoms with E-state index in [-0.39, 0.29) is 6.61 Å². The van der Waals surface area contributed by atoms with Gasteiger partial charge in [0.1, 0.15) is 6.10 Å². The first-order chi connectivity index (χ1) is 7.89. The average Bonchev–Trinajstić information content (AvgIpc) is 2.29. The smallest absolute Gasteiger partial charge is 0.358 e. The standard InChI is InChI=1S/C12H14BrFO3/c1-3-17-11(16)12(13,14)10(15)9-6-4-8(2)5-7-9/h4-7,10,15H,3H2,1-2H3/t10-,12-/m0/s1. The molecular weight excluding hydrogens is 291 g/mol. The lowest BCUT2D eigenvalue weighted by atomic mass is 10.0. The zero-order chi connectivity index (χ0) is 13.1. The van der Waals surface area contributed by atoms with Crippen LogP contribution >= 0.6 is 15.9 Å². The number of ether oxygens (including phenoxy) is 1. The van der Waals surface area contributed by atoms with Crippen LogP contribution in [0.1, 0.15) is 24.2 Å². The number of benzene rings is 1. The monoisotopic (exact) mass is 304 g/mol. The maximum Gasteiger partial charge on any atom is 0.358 e. The third kappa shape index (κ3) is 3.26. The molecule has 0 amide bonds. The van der Waals surface area contributed by atoms with Crippen molar-refractivity contribution < 1.29 is 19.0 Å². The summed E-state index contributed by atoms with van der Waals surface area (Å²) in [5, 5.41) is 9.81. The predicted molar refractivity (Wildman–Crippen MR) is 65.5 cm³/mol. The second kappa shape index (κ2) is 5.60. The van der Waals surface area contributed by atoms with Crippen molar-refractivity contribution in [3.05, 3.63) is 35.4 Å². The molecule has 2 atom stereocenters. The normalized spacial score (nSPS) is 16.1. The minimum Gasteiger partial charge on any atom is -0.463 e. The zero-order valence-corrected chi connectivity index (χ0v) is 11.2. The van der Waals surface area contributed by atoms with Crippen LogP contribution in [-0.4, -0.2) is 22.3 Å². The molecule has 0 aliphatic rings. The Labute approximate surface area is 108 Å². The van der Waals surface area contributed by atoms with Crippen LogP contribution in [-0.2, 0) is 9.53 Å². The van der Waals surface area contributed by atoms with E-state index in [0.29, 0.717) is 5.56 Å². The zero-order valence-electron chi connectivity index (χ0n) is 9.61. The van der Waals surface area contributed by atoms with Crippen LogP contribution in [0.15, 0.2) is 24.3 Å². The number of aliphatic hydroxyl groups is 1. The number of carbonyl (C=O) groups is 1. The maximum atomic E-state index is 14.0. The summed E-state index contributed by atoms with van der Waals surface area (Å²) in [4.78, 5) is 11.3. The second-order valence-corrected chi connectivity index (χ2v) is 4.81. The quantitative estimate of drug-likeness (QED) is 0.687. The van der Waals surface area contributed by atoms with Gasteiger partial charge in [-0.25, -0.2) is 9.18 Å². The summed E-state index contributed by atoms with van der Waals surface area (Å²) in [6.45, 7) is 3.49. The number of hydrogen-bond donors (Lipinski definition) is 1. The third-order valence-corrected chi connectivity index (χ3v) is 3.04. The van der Waals surface area contributed by atoms with Crippen LogP contribution in [0.2, 0.25) is 0 Å². The Morgan fingerprint density at radius 1 is 1.53 bits per heavy atom. The first kappa shape index (κ1) is 14.1. The number of aliphatic hydroxyl groups excluding tert-OH is 1. The van der Waals surface area contributed by atoms with Crippen LogP contribution in [0, 0.1) is 6.92 Å². The van der Waals surface area contributed by atoms with Gasteiger partial charge in [-0.3, -0.25) is 0 Å². The van der Waals surface area contributed by atoms with Crippen LogP contribution in [0.4, 0.5) is 4.39 Å². The minimum absolute atomic E-state index is 0.0523. The lowest BCUT2D eigenvalue weighted by Crippen LogP contribution is -2.35. The lowest BCUT2D eigenvalue weighted by molar-refractivity contribution is -0.156. The lowest BCUT2D eigenvalue weighted by Gasteiger charge is -2.22. The number of carbonyl (C=O) groups excluding carboxylic acids is 1. The van der Waals surface area contributed by atoms with Crippen molar-refractivity contribution in [2.45, 2.75) is 24.5 Å². The van der Waals surface area contributed by atoms with Gasteiger partial charge in [0.25, 0.3) is 4.58 Å². The summed E-state index contributed by atoms with van der Waals surface area (Å²) in [6, 6.07) is 6.59. The molecule has 5 heteroatoms. The predicted octanol–water partition coefficient (Wildman–Crippen LogP) is 2.65. The molecule has 0 aliphatic heterocycles. The van der Waals surface area contributed by atoms with E-state index in [0.717, 1.165) is 5.56 Å². The summed E-state index contributed by atoms with van der Waals surface area (Å²) in [5.74, 6) is -1.13. The van der Waals surface area contributed by atoms with Gasteiger partial charge in [-0.2, -0.15) is 0 Å². The van der Waals surface area contributed by atoms with E-state index in [1.807, 2.05) is 6.92 Å². The number of hydrogen-bond acceptors (Lipinski definition) is 3. The molecule has 1 aromatic rings. The van der Waals surface area contributed by atoms with E-state index in [1.165, 1.54) is 0 Å². The van der Waals surface area contributed by atoms with E-state index in [1.54, 1.807) is 31.2 Å². The third-order valence-electron chi connectivity index (χ3n) is 2.28. The van der Waals surface area contributed by atoms with Crippen molar-refractivity contribution in [2.75, 3.05) is 6.61 Å². The molecule has 0 fully saturated rings. The first-order valence-electron chi connectivity index (χ1n) is 5.19. The van der Waals surface area contributed by atoms with Crippen molar-refractivity contribution in [1.29, 1.82) is 0 Å². The molecule has 0 spiro atoms. The second-order valence-electron chi connectivity index (χ2n) is 3.66. The number of aryl methyl sites for hydroxylation is 1. The van der Waals surface area contributed by atoms with Crippen molar-refractivity contribution in [2.24, 2.45) is 0 Å². The van der Waals surface area contributed by atoms with E-state index in [4.69, 9.17) is 0 Å². The van der Waals surface area contributed by atoms with Gasteiger partial charge in [0.2, 0.25) is 0 Å². The molecule has 0 radical (unpaired) electrons. The van der Waals surface area contributed by atoms with Crippen LogP contribution in [0.5, 0.6) is 0 Å². The molecule has 0 saturated heterocycles. The summed E-state index contributed by atoms with van der Waals surface area (Å²) in [5.41, 5.74) is 1.29. The Balaban J connectivity index is 2.91. The largest absolute Gasteiger partial charge is 0.463 e. The van der Waals surface area contributed by atoms with Gasteiger partial charge >= 0.3 is 5.97 Å². The summed E-state index contributed by atoms with van der Waals surface area (Å²) >= 11 is 2.58. The molecule has 0 aromatic heterocycles. The molecule has 0 heterocycles. The molecule has 0 bridgehead atoms. The van der Waals surface area contributed by atoms with Gasteiger partial charge in [-0.05, 0) is 35.3 Å². The van der Waals surface area contributed by atoms with Gasteiger partial charge in [-0.15, -0.1) is 0 Å². The Morgan fingerprint density at radius 3 is 2.53 bits per heavy atom. The highest BCUT2D eigenvalue weighted by Crippen LogP contribution is 2.36. The highest BCUT2D eigenvalue weighted by Gasteiger charge is 2.45. The molecule has 0 unspecified atom stereocenters. The summed E-state index contributed by atoms with van der Waals surface area (Å²) in [7, 11) is 0. The molecule has 1 N–H and O–H groups in total. The van der Waals surface area contributed by atoms with Crippen LogP contribution in [0.25, 0.3) is 0 Å². The highest BCUT2D eigenvalue weighted by atomic mass is 79.9. The van der Waals surface area contributed by atoms with Crippen molar-refractivity contribution in [1.82, 2.24) is 0 Å². The first-order valence-corrected chi connectivity index (χ1v) is 5.98. The van der Waals surface area contributed by atoms with Crippen molar-refractivity contribution in [3.8, 4) is 0 Å². The van der Waals surface area contributed by atoms with Crippen LogP contribution < -0.4 is 0 Å². The number of alkyl halides is 2. The van der Waals surface area contributed by atoms with Gasteiger partial charge in [0, 0.05) is 0 Å². The fourth-order valence-electron chi connectivity index (χ4n) is 1.30. The Bertz CT molecular complexity index is 389. The highest BCUT2D eigenvalue weighted by molar-refractivity contribution is 9.10. The fourth-order valence-corrected chi connectivity index (χ4v) is 1.68. The maximum absolute atomic E-state index is 14.0. The Hall–Kier alpha value is -0.940. The van der Waals surface area contributed by atoms with Gasteiger partial charge in [0.15, 0.2) is 0 Å². The molecule has 1 aromatic carbocycles. The number of rotatable bonds is 4. The summed E-state index contributed by atoms with van der Waals surface area (Å²) in [6.07, 6.45) is -1.61. The molecule has 17 heavy (non-hydrogen) atoms. The van der Waals surface area contributed by atoms with E-state index in [9.17, 15) is 14.3 Å². The number of halogens is 2. The Kier molecular flexibility index (Phi) is 4.65. The van der Waals surface area contributed by atoms with E-state index in [2.05, 4.69) is 20.7 Å². The average molecular weight is 305 g/mol. The fraction of sp³-hybridized carbons (Fsp3) is 0.417. The van der Waals surface area contributed by atoms with Gasteiger partial charge in [-0.1, -0.05) is 29.8 Å². The number of esters is 1. The van der Waals surface area contributed by atoms with Crippen molar-refractivity contribution in [3.63, 3.8) is 0 Å². The Morgan fingerprint density at radius 2 is 2.06 bits per heavy atom. The van der Waals surface area contributed by atoms with Gasteiger partial charge in [0.05, 0.1) is 6.61 Å². The molecular formula is C12H14BrFO3. The molecule has 94 valence electrons. The van der Waals surface area contributed by atoms with Crippen molar-refractivity contribution >= 4 is 21.9 Å². The van der Waals surface area contributed by atoms with E-state index < -0.39 is 16.7 Å². The van der Waals surface area contributed by atoms with E-state index >= 15 is 0 Å². The molecule has 1 rings (SSSR count). The molecule has 3 nitrogen and oxygen atoms in total. The molecule has 0 aliphatic carbocycles. The molecule has 0 saturated carbocycles. The summed E-state index contributed by atoms with van der Waals surface area (Å²) < 4.78 is 16.0. The van der Waals surface area contributed by atoms with Gasteiger partial charge < -0.3 is 9.84 Å². The minimum atomic E-state index is -2.63.